The molecule has 0 atom stereocenters. The van der Waals surface area contributed by atoms with Gasteiger partial charge in [-0.05, 0) is 30.1 Å². The molecule has 5 heteroatoms. The molecule has 2 rings (SSSR count). The van der Waals surface area contributed by atoms with Crippen molar-refractivity contribution in [1.82, 2.24) is 15.5 Å². The highest BCUT2D eigenvalue weighted by Gasteiger charge is 2.18. The average Bonchev–Trinajstić information content (AvgIpc) is 3.26. The van der Waals surface area contributed by atoms with Crippen LogP contribution in [0, 0.1) is 5.92 Å². The zero-order valence-electron chi connectivity index (χ0n) is 19.8. The Labute approximate surface area is 208 Å². The highest BCUT2D eigenvalue weighted by molar-refractivity contribution is 14.1. The van der Waals surface area contributed by atoms with E-state index < -0.39 is 0 Å². The Morgan fingerprint density at radius 2 is 2.06 bits per heavy atom. The molecule has 0 radical (unpaired) electrons. The lowest BCUT2D eigenvalue weighted by molar-refractivity contribution is 0.296. The molecular weight excluding hydrogens is 509 g/mol. The van der Waals surface area contributed by atoms with Crippen molar-refractivity contribution in [2.24, 2.45) is 5.92 Å². The molecule has 1 aliphatic rings. The van der Waals surface area contributed by atoms with Crippen LogP contribution in [0.3, 0.4) is 0 Å². The molecule has 1 aliphatic heterocycles. The van der Waals surface area contributed by atoms with E-state index in [0.29, 0.717) is 5.92 Å². The SMILES string of the molecule is C=C/C(=C\C=C(/CI)NCCN(CC(C)C)C(=C)NC(=C)c1cccc2c1CCO2)CC. The first kappa shape index (κ1) is 26.1. The number of benzene rings is 1. The number of ether oxygens (including phenoxy) is 1. The lowest BCUT2D eigenvalue weighted by Gasteiger charge is -2.30. The monoisotopic (exact) mass is 547 g/mol. The van der Waals surface area contributed by atoms with Gasteiger partial charge in [-0.3, -0.25) is 0 Å². The molecule has 0 aromatic heterocycles. The summed E-state index contributed by atoms with van der Waals surface area (Å²) in [4.78, 5) is 2.30. The van der Waals surface area contributed by atoms with Crippen LogP contribution in [-0.2, 0) is 6.42 Å². The molecule has 0 spiro atoms. The third-order valence-electron chi connectivity index (χ3n) is 5.38. The summed E-state index contributed by atoms with van der Waals surface area (Å²) in [5.41, 5.74) is 5.66. The van der Waals surface area contributed by atoms with Crippen LogP contribution < -0.4 is 15.4 Å². The van der Waals surface area contributed by atoms with E-state index in [1.807, 2.05) is 18.2 Å². The van der Waals surface area contributed by atoms with Crippen molar-refractivity contribution >= 4 is 28.3 Å². The van der Waals surface area contributed by atoms with Gasteiger partial charge in [-0.1, -0.05) is 87.4 Å². The average molecular weight is 548 g/mol. The Morgan fingerprint density at radius 1 is 1.28 bits per heavy atom. The molecule has 1 aromatic carbocycles. The Kier molecular flexibility index (Phi) is 10.9. The molecule has 1 heterocycles. The Bertz CT molecular complexity index is 870. The summed E-state index contributed by atoms with van der Waals surface area (Å²) in [6.45, 7) is 22.4. The van der Waals surface area contributed by atoms with Crippen molar-refractivity contribution in [3.8, 4) is 5.75 Å². The van der Waals surface area contributed by atoms with Crippen molar-refractivity contribution in [3.63, 3.8) is 0 Å². The number of nitrogens with zero attached hydrogens (tertiary/aromatic N) is 1. The van der Waals surface area contributed by atoms with E-state index in [4.69, 9.17) is 4.74 Å². The van der Waals surface area contributed by atoms with Gasteiger partial charge in [-0.2, -0.15) is 0 Å². The summed E-state index contributed by atoms with van der Waals surface area (Å²) >= 11 is 2.40. The number of hydrogen-bond donors (Lipinski definition) is 2. The summed E-state index contributed by atoms with van der Waals surface area (Å²) in [5.74, 6) is 2.37. The predicted molar refractivity (Wildman–Crippen MR) is 147 cm³/mol. The standard InChI is InChI=1S/C27H38IN3O/c1-7-23(8-2)12-13-24(18-28)29-15-16-31(19-20(3)4)22(6)30-21(5)25-10-9-11-27-26(25)14-17-32-27/h7,9-13,20,29-30H,1,5-6,8,14-19H2,2-4H3/b23-12+,24-13+. The Balaban J connectivity index is 2.00. The minimum Gasteiger partial charge on any atom is -0.493 e. The zero-order valence-corrected chi connectivity index (χ0v) is 22.0. The fraction of sp³-hybridized carbons (Fsp3) is 0.407. The van der Waals surface area contributed by atoms with Gasteiger partial charge in [0.15, 0.2) is 0 Å². The number of rotatable bonds is 14. The van der Waals surface area contributed by atoms with Gasteiger partial charge in [0.1, 0.15) is 5.75 Å². The van der Waals surface area contributed by atoms with Gasteiger partial charge in [0.05, 0.1) is 12.4 Å². The normalized spacial score (nSPS) is 13.4. The van der Waals surface area contributed by atoms with Crippen molar-refractivity contribution in [1.29, 1.82) is 0 Å². The minimum atomic E-state index is 0.526. The molecule has 1 aromatic rings. The number of nitrogens with one attached hydrogen (secondary N) is 2. The predicted octanol–water partition coefficient (Wildman–Crippen LogP) is 6.04. The fourth-order valence-corrected chi connectivity index (χ4v) is 4.17. The third-order valence-corrected chi connectivity index (χ3v) is 6.20. The molecule has 0 fully saturated rings. The summed E-state index contributed by atoms with van der Waals surface area (Å²) in [6.07, 6.45) is 8.13. The van der Waals surface area contributed by atoms with E-state index in [0.717, 1.165) is 66.3 Å². The lowest BCUT2D eigenvalue weighted by Crippen LogP contribution is -2.38. The maximum Gasteiger partial charge on any atom is 0.123 e. The van der Waals surface area contributed by atoms with Crippen molar-refractivity contribution in [3.05, 3.63) is 84.4 Å². The van der Waals surface area contributed by atoms with Crippen LogP contribution in [0.25, 0.3) is 5.70 Å². The first-order valence-electron chi connectivity index (χ1n) is 11.4. The maximum absolute atomic E-state index is 5.70. The Hall–Kier alpha value is -2.15. The molecule has 0 amide bonds. The topological polar surface area (TPSA) is 36.5 Å². The third kappa shape index (κ3) is 7.76. The quantitative estimate of drug-likeness (QED) is 0.169. The summed E-state index contributed by atoms with van der Waals surface area (Å²) in [5, 5.41) is 7.03. The van der Waals surface area contributed by atoms with E-state index in [-0.39, 0.29) is 0 Å². The second-order valence-corrected chi connectivity index (χ2v) is 9.09. The molecule has 0 aliphatic carbocycles. The summed E-state index contributed by atoms with van der Waals surface area (Å²) in [6, 6.07) is 6.15. The largest absolute Gasteiger partial charge is 0.493 e. The van der Waals surface area contributed by atoms with E-state index in [1.165, 1.54) is 16.8 Å². The van der Waals surface area contributed by atoms with E-state index >= 15 is 0 Å². The van der Waals surface area contributed by atoms with E-state index in [1.54, 1.807) is 0 Å². The van der Waals surface area contributed by atoms with Crippen LogP contribution in [0.15, 0.2) is 73.3 Å². The molecule has 0 bridgehead atoms. The molecular formula is C27H38IN3O. The van der Waals surface area contributed by atoms with Crippen molar-refractivity contribution in [2.45, 2.75) is 33.6 Å². The van der Waals surface area contributed by atoms with Gasteiger partial charge in [-0.15, -0.1) is 0 Å². The van der Waals surface area contributed by atoms with Gasteiger partial charge in [0.2, 0.25) is 0 Å². The van der Waals surface area contributed by atoms with Gasteiger partial charge in [0, 0.05) is 53.0 Å². The van der Waals surface area contributed by atoms with Gasteiger partial charge >= 0.3 is 0 Å². The first-order chi connectivity index (χ1) is 15.4. The molecule has 0 saturated heterocycles. The highest BCUT2D eigenvalue weighted by Crippen LogP contribution is 2.31. The first-order valence-corrected chi connectivity index (χ1v) is 12.9. The van der Waals surface area contributed by atoms with Crippen LogP contribution in [0.5, 0.6) is 5.75 Å². The molecule has 32 heavy (non-hydrogen) atoms. The second-order valence-electron chi connectivity index (χ2n) is 8.32. The molecule has 0 unspecified atom stereocenters. The van der Waals surface area contributed by atoms with Crippen LogP contribution in [0.4, 0.5) is 0 Å². The smallest absolute Gasteiger partial charge is 0.123 e. The van der Waals surface area contributed by atoms with E-state index in [9.17, 15) is 0 Å². The molecule has 174 valence electrons. The van der Waals surface area contributed by atoms with Crippen LogP contribution >= 0.6 is 22.6 Å². The number of fused-ring (bicyclic) bond motifs is 1. The molecule has 0 saturated carbocycles. The highest BCUT2D eigenvalue weighted by atomic mass is 127. The zero-order chi connectivity index (χ0) is 23.5. The summed E-state index contributed by atoms with van der Waals surface area (Å²) < 4.78 is 6.64. The van der Waals surface area contributed by atoms with Crippen molar-refractivity contribution < 1.29 is 4.74 Å². The molecule has 2 N–H and O–H groups in total. The van der Waals surface area contributed by atoms with Gasteiger partial charge in [-0.25, -0.2) is 0 Å². The number of halogens is 1. The fourth-order valence-electron chi connectivity index (χ4n) is 3.64. The summed E-state index contributed by atoms with van der Waals surface area (Å²) in [7, 11) is 0. The molecule has 4 nitrogen and oxygen atoms in total. The maximum atomic E-state index is 5.70. The number of alkyl halides is 1. The number of hydrogen-bond acceptors (Lipinski definition) is 4. The van der Waals surface area contributed by atoms with Crippen LogP contribution in [0.1, 0.15) is 38.3 Å². The van der Waals surface area contributed by atoms with E-state index in [2.05, 4.69) is 96.9 Å². The van der Waals surface area contributed by atoms with Crippen LogP contribution in [0.2, 0.25) is 0 Å². The Morgan fingerprint density at radius 3 is 2.72 bits per heavy atom. The number of allylic oxidation sites excluding steroid dienone is 5. The van der Waals surface area contributed by atoms with Gasteiger partial charge < -0.3 is 20.3 Å². The lowest BCUT2D eigenvalue weighted by atomic mass is 10.0. The second kappa shape index (κ2) is 13.4. The van der Waals surface area contributed by atoms with Crippen molar-refractivity contribution in [2.75, 3.05) is 30.7 Å². The minimum absolute atomic E-state index is 0.526. The van der Waals surface area contributed by atoms with Gasteiger partial charge in [0.25, 0.3) is 0 Å². The van der Waals surface area contributed by atoms with Crippen LogP contribution in [-0.4, -0.2) is 35.6 Å².